The second-order valence-corrected chi connectivity index (χ2v) is 5.73. The number of urea groups is 1. The lowest BCUT2D eigenvalue weighted by Gasteiger charge is -2.13. The van der Waals surface area contributed by atoms with E-state index in [2.05, 4.69) is 10.6 Å². The normalized spacial score (nSPS) is 10.2. The molecule has 0 aromatic heterocycles. The third-order valence-electron chi connectivity index (χ3n) is 3.97. The molecule has 4 nitrogen and oxygen atoms in total. The number of carbonyl (C=O) groups excluding carboxylic acids is 2. The van der Waals surface area contributed by atoms with Gasteiger partial charge in [0.05, 0.1) is 5.69 Å². The van der Waals surface area contributed by atoms with Gasteiger partial charge in [0.25, 0.3) is 0 Å². The van der Waals surface area contributed by atoms with Crippen LogP contribution in [0.1, 0.15) is 21.5 Å². The Morgan fingerprint density at radius 1 is 0.769 bits per heavy atom. The van der Waals surface area contributed by atoms with Crippen molar-refractivity contribution in [1.29, 1.82) is 0 Å². The number of carbonyl (C=O) groups is 2. The molecule has 0 fully saturated rings. The lowest BCUT2D eigenvalue weighted by Crippen LogP contribution is -2.21. The quantitative estimate of drug-likeness (QED) is 0.651. The number of hydrogen-bond acceptors (Lipinski definition) is 2. The highest BCUT2D eigenvalue weighted by atomic mass is 19.1. The largest absolute Gasteiger partial charge is 0.323 e. The average molecular weight is 348 g/mol. The van der Waals surface area contributed by atoms with Crippen LogP contribution in [0.25, 0.3) is 0 Å². The van der Waals surface area contributed by atoms with Crippen molar-refractivity contribution in [2.45, 2.75) is 6.92 Å². The summed E-state index contributed by atoms with van der Waals surface area (Å²) in [7, 11) is 0. The van der Waals surface area contributed by atoms with E-state index in [-0.39, 0.29) is 5.78 Å². The van der Waals surface area contributed by atoms with Gasteiger partial charge in [0.15, 0.2) is 5.78 Å². The molecule has 0 aliphatic rings. The Morgan fingerprint density at radius 3 is 2.15 bits per heavy atom. The van der Waals surface area contributed by atoms with Gasteiger partial charge in [-0.25, -0.2) is 9.18 Å². The highest BCUT2D eigenvalue weighted by Crippen LogP contribution is 2.21. The molecule has 0 atom stereocenters. The predicted molar refractivity (Wildman–Crippen MR) is 100 cm³/mol. The molecule has 3 rings (SSSR count). The third-order valence-corrected chi connectivity index (χ3v) is 3.97. The maximum Gasteiger partial charge on any atom is 0.323 e. The molecule has 130 valence electrons. The van der Waals surface area contributed by atoms with E-state index < -0.39 is 11.8 Å². The van der Waals surface area contributed by atoms with Gasteiger partial charge in [-0.1, -0.05) is 48.5 Å². The minimum atomic E-state index is -0.549. The monoisotopic (exact) mass is 348 g/mol. The molecule has 5 heteroatoms. The van der Waals surface area contributed by atoms with Crippen LogP contribution in [0.15, 0.2) is 72.8 Å². The zero-order valence-electron chi connectivity index (χ0n) is 14.1. The number of benzene rings is 3. The fourth-order valence-corrected chi connectivity index (χ4v) is 2.55. The number of rotatable bonds is 4. The number of hydrogen-bond donors (Lipinski definition) is 2. The lowest BCUT2D eigenvalue weighted by atomic mass is 10.0. The molecule has 0 spiro atoms. The van der Waals surface area contributed by atoms with Gasteiger partial charge in [-0.2, -0.15) is 0 Å². The number of para-hydroxylation sites is 1. The SMILES string of the molecule is Cc1c(F)cccc1NC(=O)Nc1ccccc1C(=O)c1ccccc1. The van der Waals surface area contributed by atoms with Gasteiger partial charge in [-0.05, 0) is 31.2 Å². The molecule has 3 aromatic rings. The number of anilines is 2. The number of ketones is 1. The van der Waals surface area contributed by atoms with E-state index in [1.54, 1.807) is 61.5 Å². The molecule has 0 heterocycles. The first-order chi connectivity index (χ1) is 12.6. The Balaban J connectivity index is 1.81. The van der Waals surface area contributed by atoms with Crippen molar-refractivity contribution in [2.24, 2.45) is 0 Å². The van der Waals surface area contributed by atoms with E-state index in [1.807, 2.05) is 6.07 Å². The van der Waals surface area contributed by atoms with E-state index in [0.717, 1.165) is 0 Å². The van der Waals surface area contributed by atoms with Gasteiger partial charge in [-0.15, -0.1) is 0 Å². The molecule has 2 N–H and O–H groups in total. The number of amides is 2. The number of halogens is 1. The van der Waals surface area contributed by atoms with Crippen LogP contribution in [0.4, 0.5) is 20.6 Å². The molecule has 0 saturated carbocycles. The fraction of sp³-hybridized carbons (Fsp3) is 0.0476. The number of nitrogens with one attached hydrogen (secondary N) is 2. The second-order valence-electron chi connectivity index (χ2n) is 5.73. The van der Waals surface area contributed by atoms with Crippen LogP contribution < -0.4 is 10.6 Å². The molecule has 26 heavy (non-hydrogen) atoms. The van der Waals surface area contributed by atoms with Crippen molar-refractivity contribution in [1.82, 2.24) is 0 Å². The minimum Gasteiger partial charge on any atom is -0.307 e. The van der Waals surface area contributed by atoms with Gasteiger partial charge in [0.1, 0.15) is 5.82 Å². The van der Waals surface area contributed by atoms with Crippen molar-refractivity contribution in [2.75, 3.05) is 10.6 Å². The van der Waals surface area contributed by atoms with Crippen molar-refractivity contribution in [3.63, 3.8) is 0 Å². The highest BCUT2D eigenvalue weighted by Gasteiger charge is 2.15. The van der Waals surface area contributed by atoms with Crippen LogP contribution in [0.5, 0.6) is 0 Å². The second kappa shape index (κ2) is 7.61. The smallest absolute Gasteiger partial charge is 0.307 e. The summed E-state index contributed by atoms with van der Waals surface area (Å²) in [4.78, 5) is 25.0. The van der Waals surface area contributed by atoms with Crippen molar-refractivity contribution >= 4 is 23.2 Å². The summed E-state index contributed by atoms with van der Waals surface area (Å²) in [5, 5.41) is 5.27. The molecule has 0 saturated heterocycles. The Kier molecular flexibility index (Phi) is 5.08. The van der Waals surface area contributed by atoms with Crippen LogP contribution in [0.3, 0.4) is 0 Å². The zero-order valence-corrected chi connectivity index (χ0v) is 14.1. The van der Waals surface area contributed by atoms with Crippen molar-refractivity contribution in [3.8, 4) is 0 Å². The summed E-state index contributed by atoms with van der Waals surface area (Å²) in [6.07, 6.45) is 0. The first-order valence-corrected chi connectivity index (χ1v) is 8.08. The molecule has 3 aromatic carbocycles. The van der Waals surface area contributed by atoms with Crippen molar-refractivity contribution < 1.29 is 14.0 Å². The van der Waals surface area contributed by atoms with E-state index in [9.17, 15) is 14.0 Å². The van der Waals surface area contributed by atoms with Crippen LogP contribution in [-0.4, -0.2) is 11.8 Å². The maximum atomic E-state index is 13.6. The van der Waals surface area contributed by atoms with Gasteiger partial charge in [0.2, 0.25) is 0 Å². The Labute approximate surface area is 150 Å². The summed E-state index contributed by atoms with van der Waals surface area (Å²) in [5.41, 5.74) is 2.01. The molecular formula is C21H17FN2O2. The van der Waals surface area contributed by atoms with E-state index in [1.165, 1.54) is 12.1 Å². The standard InChI is InChI=1S/C21H17FN2O2/c1-14-17(22)11-7-13-18(14)23-21(26)24-19-12-6-5-10-16(19)20(25)15-8-3-2-4-9-15/h2-13H,1H3,(H2,23,24,26). The molecule has 0 aliphatic carbocycles. The van der Waals surface area contributed by atoms with Gasteiger partial charge in [-0.3, -0.25) is 4.79 Å². The first kappa shape index (κ1) is 17.4. The zero-order chi connectivity index (χ0) is 18.5. The van der Waals surface area contributed by atoms with Gasteiger partial charge in [0, 0.05) is 22.4 Å². The molecule has 0 aliphatic heterocycles. The summed E-state index contributed by atoms with van der Waals surface area (Å²) in [6, 6.07) is 19.5. The summed E-state index contributed by atoms with van der Waals surface area (Å²) in [5.74, 6) is -0.592. The summed E-state index contributed by atoms with van der Waals surface area (Å²) >= 11 is 0. The third kappa shape index (κ3) is 3.78. The highest BCUT2D eigenvalue weighted by molar-refractivity contribution is 6.14. The summed E-state index contributed by atoms with van der Waals surface area (Å²) in [6.45, 7) is 1.58. The first-order valence-electron chi connectivity index (χ1n) is 8.08. The van der Waals surface area contributed by atoms with Crippen LogP contribution in [0.2, 0.25) is 0 Å². The lowest BCUT2D eigenvalue weighted by molar-refractivity contribution is 0.103. The molecular weight excluding hydrogens is 331 g/mol. The van der Waals surface area contributed by atoms with Crippen LogP contribution in [-0.2, 0) is 0 Å². The molecule has 0 radical (unpaired) electrons. The molecule has 2 amide bonds. The van der Waals surface area contributed by atoms with Crippen molar-refractivity contribution in [3.05, 3.63) is 95.3 Å². The van der Waals surface area contributed by atoms with Gasteiger partial charge < -0.3 is 10.6 Å². The Bertz CT molecular complexity index is 955. The van der Waals surface area contributed by atoms with Gasteiger partial charge >= 0.3 is 6.03 Å². The van der Waals surface area contributed by atoms with E-state index in [4.69, 9.17) is 0 Å². The average Bonchev–Trinajstić information content (AvgIpc) is 2.66. The Hall–Kier alpha value is -3.47. The Morgan fingerprint density at radius 2 is 1.38 bits per heavy atom. The summed E-state index contributed by atoms with van der Waals surface area (Å²) < 4.78 is 13.6. The molecule has 0 unspecified atom stereocenters. The maximum absolute atomic E-state index is 13.6. The van der Waals surface area contributed by atoms with E-state index in [0.29, 0.717) is 28.1 Å². The predicted octanol–water partition coefficient (Wildman–Crippen LogP) is 5.01. The molecule has 0 bridgehead atoms. The minimum absolute atomic E-state index is 0.191. The van der Waals surface area contributed by atoms with Crippen LogP contribution in [0, 0.1) is 12.7 Å². The van der Waals surface area contributed by atoms with Crippen LogP contribution >= 0.6 is 0 Å². The fourth-order valence-electron chi connectivity index (χ4n) is 2.55. The van der Waals surface area contributed by atoms with E-state index >= 15 is 0 Å². The topological polar surface area (TPSA) is 58.2 Å².